The molecule has 0 amide bonds. The van der Waals surface area contributed by atoms with Gasteiger partial charge in [0.1, 0.15) is 11.2 Å². The molecule has 3 fully saturated rings. The van der Waals surface area contributed by atoms with Crippen LogP contribution in [-0.4, -0.2) is 44.6 Å². The van der Waals surface area contributed by atoms with E-state index in [0.717, 1.165) is 12.8 Å². The molecule has 3 atom stereocenters. The largest absolute Gasteiger partial charge is 0.401 e. The minimum atomic E-state index is -2.62. The van der Waals surface area contributed by atoms with Gasteiger partial charge >= 0.3 is 0 Å². The number of rotatable bonds is 6. The Balaban J connectivity index is 1.47. The Hall–Kier alpha value is -1.76. The minimum Gasteiger partial charge on any atom is -0.401 e. The molecule has 3 aliphatic rings. The van der Waals surface area contributed by atoms with Crippen molar-refractivity contribution in [1.82, 2.24) is 0 Å². The lowest BCUT2D eigenvalue weighted by atomic mass is 9.62. The van der Waals surface area contributed by atoms with Gasteiger partial charge in [-0.1, -0.05) is 107 Å². The van der Waals surface area contributed by atoms with E-state index in [9.17, 15) is 0 Å². The first kappa shape index (κ1) is 25.9. The normalized spacial score (nSPS) is 29.9. The van der Waals surface area contributed by atoms with Gasteiger partial charge in [-0.05, 0) is 29.3 Å². The maximum absolute atomic E-state index is 7.27. The monoisotopic (exact) mass is 506 g/mol. The Labute approximate surface area is 218 Å². The van der Waals surface area contributed by atoms with E-state index >= 15 is 0 Å². The molecule has 3 unspecified atom stereocenters. The summed E-state index contributed by atoms with van der Waals surface area (Å²) in [7, 11) is -2.62. The van der Waals surface area contributed by atoms with E-state index in [4.69, 9.17) is 18.6 Å². The third-order valence-electron chi connectivity index (χ3n) is 8.65. The smallest absolute Gasteiger partial charge is 0.261 e. The van der Waals surface area contributed by atoms with Crippen molar-refractivity contribution in [3.05, 3.63) is 72.8 Å². The maximum atomic E-state index is 7.27. The molecule has 0 radical (unpaired) electrons. The number of fused-ring (bicyclic) bond motifs is 1. The van der Waals surface area contributed by atoms with Crippen LogP contribution in [0.5, 0.6) is 0 Å². The topological polar surface area (TPSA) is 40.2 Å². The second-order valence-electron chi connectivity index (χ2n) is 12.8. The Morgan fingerprint density at radius 2 is 1.39 bits per heavy atom. The lowest BCUT2D eigenvalue weighted by molar-refractivity contribution is -0.201. The molecular formula is C31H42O4Si. The first-order valence-electron chi connectivity index (χ1n) is 13.4. The lowest BCUT2D eigenvalue weighted by Gasteiger charge is -2.45. The van der Waals surface area contributed by atoms with Crippen molar-refractivity contribution in [1.29, 1.82) is 0 Å². The fourth-order valence-electron chi connectivity index (χ4n) is 7.15. The predicted octanol–water partition coefficient (Wildman–Crippen LogP) is 5.60. The Morgan fingerprint density at radius 1 is 0.861 bits per heavy atom. The second kappa shape index (κ2) is 8.64. The van der Waals surface area contributed by atoms with Gasteiger partial charge in [0, 0.05) is 18.3 Å². The van der Waals surface area contributed by atoms with Crippen molar-refractivity contribution < 1.29 is 18.6 Å². The van der Waals surface area contributed by atoms with Crippen LogP contribution in [0.15, 0.2) is 72.8 Å². The van der Waals surface area contributed by atoms with Crippen LogP contribution in [0.25, 0.3) is 0 Å². The summed E-state index contributed by atoms with van der Waals surface area (Å²) in [5.41, 5.74) is -0.770. The van der Waals surface area contributed by atoms with E-state index in [1.807, 2.05) is 0 Å². The summed E-state index contributed by atoms with van der Waals surface area (Å²) in [4.78, 5) is 0. The second-order valence-corrected chi connectivity index (χ2v) is 17.0. The molecule has 0 N–H and O–H groups in total. The van der Waals surface area contributed by atoms with Gasteiger partial charge in [-0.3, -0.25) is 0 Å². The predicted molar refractivity (Wildman–Crippen MR) is 147 cm³/mol. The van der Waals surface area contributed by atoms with Crippen LogP contribution in [0.1, 0.15) is 61.3 Å². The van der Waals surface area contributed by atoms with Crippen LogP contribution in [0.3, 0.4) is 0 Å². The molecule has 0 aromatic heterocycles. The molecule has 1 spiro atoms. The quantitative estimate of drug-likeness (QED) is 0.291. The zero-order valence-electron chi connectivity index (χ0n) is 23.0. The Bertz CT molecular complexity index is 1060. The molecule has 5 rings (SSSR count). The molecule has 1 aliphatic carbocycles. The van der Waals surface area contributed by atoms with Crippen molar-refractivity contribution in [2.75, 3.05) is 13.2 Å². The first-order chi connectivity index (χ1) is 16.9. The summed E-state index contributed by atoms with van der Waals surface area (Å²) in [5.74, 6) is -0.511. The highest BCUT2D eigenvalue weighted by Crippen LogP contribution is 2.69. The van der Waals surface area contributed by atoms with E-state index in [2.05, 4.69) is 121 Å². The molecule has 5 heteroatoms. The van der Waals surface area contributed by atoms with Gasteiger partial charge in [-0.2, -0.15) is 0 Å². The van der Waals surface area contributed by atoms with Gasteiger partial charge in [0.2, 0.25) is 0 Å². The van der Waals surface area contributed by atoms with E-state index in [1.54, 1.807) is 0 Å². The first-order valence-corrected chi connectivity index (χ1v) is 15.3. The number of ether oxygens (including phenoxy) is 3. The number of hydrogen-bond donors (Lipinski definition) is 0. The third-order valence-corrected chi connectivity index (χ3v) is 13.8. The van der Waals surface area contributed by atoms with Gasteiger partial charge in [-0.15, -0.1) is 0 Å². The molecule has 2 saturated heterocycles. The molecule has 0 bridgehead atoms. The van der Waals surface area contributed by atoms with Gasteiger partial charge < -0.3 is 18.6 Å². The van der Waals surface area contributed by atoms with Crippen molar-refractivity contribution in [3.63, 3.8) is 0 Å². The van der Waals surface area contributed by atoms with Crippen LogP contribution >= 0.6 is 0 Å². The highest BCUT2D eigenvalue weighted by atomic mass is 28.4. The molecule has 36 heavy (non-hydrogen) atoms. The van der Waals surface area contributed by atoms with Crippen LogP contribution in [-0.2, 0) is 18.6 Å². The van der Waals surface area contributed by atoms with Crippen molar-refractivity contribution in [2.24, 2.45) is 5.41 Å². The average Bonchev–Trinajstić information content (AvgIpc) is 3.21. The van der Waals surface area contributed by atoms with E-state index in [1.165, 1.54) is 10.4 Å². The molecule has 2 aromatic carbocycles. The number of benzene rings is 2. The molecule has 2 aromatic rings. The molecule has 2 heterocycles. The highest BCUT2D eigenvalue weighted by Gasteiger charge is 2.78. The summed E-state index contributed by atoms with van der Waals surface area (Å²) in [6.45, 7) is 17.2. The highest BCUT2D eigenvalue weighted by molar-refractivity contribution is 6.99. The van der Waals surface area contributed by atoms with Crippen LogP contribution < -0.4 is 10.4 Å². The fraction of sp³-hybridized carbons (Fsp3) is 0.548. The summed E-state index contributed by atoms with van der Waals surface area (Å²) in [6, 6.07) is 21.7. The zero-order chi connectivity index (χ0) is 25.9. The van der Waals surface area contributed by atoms with Crippen molar-refractivity contribution >= 4 is 18.7 Å². The molecular weight excluding hydrogens is 464 g/mol. The van der Waals surface area contributed by atoms with E-state index in [0.29, 0.717) is 13.2 Å². The summed E-state index contributed by atoms with van der Waals surface area (Å²) in [5, 5.41) is 2.53. The standard InChI is InChI=1S/C31H42O4Si/c1-24(18-19-31-28(5,6)22-30(32-20-21-33-30)23-29(31,7)35-31)34-36(27(2,3)4,25-14-10-8-11-15-25)26-16-12-9-13-17-26/h8-19,24H,20-23H2,1-7H3. The van der Waals surface area contributed by atoms with Crippen LogP contribution in [0.2, 0.25) is 5.04 Å². The summed E-state index contributed by atoms with van der Waals surface area (Å²) in [6.07, 6.45) is 6.03. The maximum Gasteiger partial charge on any atom is 0.261 e. The third kappa shape index (κ3) is 3.95. The average molecular weight is 507 g/mol. The number of epoxide rings is 1. The summed E-state index contributed by atoms with van der Waals surface area (Å²) < 4.78 is 26.1. The zero-order valence-corrected chi connectivity index (χ0v) is 24.0. The van der Waals surface area contributed by atoms with E-state index < -0.39 is 14.1 Å². The Kier molecular flexibility index (Phi) is 6.21. The van der Waals surface area contributed by atoms with Gasteiger partial charge in [-0.25, -0.2) is 0 Å². The van der Waals surface area contributed by atoms with Crippen molar-refractivity contribution in [3.8, 4) is 0 Å². The molecule has 2 aliphatic heterocycles. The Morgan fingerprint density at radius 3 is 1.86 bits per heavy atom. The molecule has 194 valence electrons. The molecule has 4 nitrogen and oxygen atoms in total. The van der Waals surface area contributed by atoms with E-state index in [-0.39, 0.29) is 27.8 Å². The number of hydrogen-bond acceptors (Lipinski definition) is 4. The van der Waals surface area contributed by atoms with Gasteiger partial charge in [0.15, 0.2) is 5.79 Å². The van der Waals surface area contributed by atoms with Gasteiger partial charge in [0.25, 0.3) is 8.32 Å². The SMILES string of the molecule is CC(C=CC12OC1(C)CC1(CC2(C)C)OCCO1)O[Si](c1ccccc1)(c1ccccc1)C(C)(C)C. The van der Waals surface area contributed by atoms with Crippen LogP contribution in [0, 0.1) is 5.41 Å². The lowest BCUT2D eigenvalue weighted by Crippen LogP contribution is -2.67. The van der Waals surface area contributed by atoms with Crippen LogP contribution in [0.4, 0.5) is 0 Å². The van der Waals surface area contributed by atoms with Gasteiger partial charge in [0.05, 0.1) is 19.3 Å². The van der Waals surface area contributed by atoms with Crippen molar-refractivity contribution in [2.45, 2.75) is 89.4 Å². The minimum absolute atomic E-state index is 0.0612. The fourth-order valence-corrected chi connectivity index (χ4v) is 11.8. The summed E-state index contributed by atoms with van der Waals surface area (Å²) >= 11 is 0. The molecule has 1 saturated carbocycles.